The number of benzene rings is 2. The van der Waals surface area contributed by atoms with Gasteiger partial charge in [0.25, 0.3) is 0 Å². The summed E-state index contributed by atoms with van der Waals surface area (Å²) in [6.07, 6.45) is 14.8. The molecule has 1 nitrogen and oxygen atoms in total. The van der Waals surface area contributed by atoms with Gasteiger partial charge in [0.2, 0.25) is 0 Å². The van der Waals surface area contributed by atoms with Gasteiger partial charge in [-0.25, -0.2) is 0 Å². The van der Waals surface area contributed by atoms with Gasteiger partial charge in [-0.15, -0.1) is 0 Å². The molecule has 0 heterocycles. The third-order valence-corrected chi connectivity index (χ3v) is 7.06. The monoisotopic (exact) mass is 438 g/mol. The first-order valence-electron chi connectivity index (χ1n) is 12.7. The topological polar surface area (TPSA) is 9.23 Å². The highest BCUT2D eigenvalue weighted by molar-refractivity contribution is 6.69. The number of hydrogen-bond acceptors (Lipinski definition) is 1. The summed E-state index contributed by atoms with van der Waals surface area (Å²) in [4.78, 5) is 0. The van der Waals surface area contributed by atoms with Crippen LogP contribution >= 0.6 is 0 Å². The average Bonchev–Trinajstić information content (AvgIpc) is 2.74. The first kappa shape index (κ1) is 25.9. The van der Waals surface area contributed by atoms with Crippen LogP contribution in [0.25, 0.3) is 11.1 Å². The van der Waals surface area contributed by atoms with E-state index in [-0.39, 0.29) is 0 Å². The van der Waals surface area contributed by atoms with Crippen molar-refractivity contribution >= 4 is 8.32 Å². The second kappa shape index (κ2) is 13.9. The summed E-state index contributed by atoms with van der Waals surface area (Å²) in [7, 11) is -1.44. The van der Waals surface area contributed by atoms with E-state index in [2.05, 4.69) is 82.0 Å². The van der Waals surface area contributed by atoms with Crippen LogP contribution in [0.15, 0.2) is 48.5 Å². The summed E-state index contributed by atoms with van der Waals surface area (Å²) >= 11 is 0. The van der Waals surface area contributed by atoms with E-state index in [9.17, 15) is 0 Å². The van der Waals surface area contributed by atoms with Crippen molar-refractivity contribution in [2.24, 2.45) is 0 Å². The fraction of sp³-hybridized carbons (Fsp3) is 0.586. The minimum atomic E-state index is -1.44. The molecule has 2 rings (SSSR count). The Morgan fingerprint density at radius 3 is 1.58 bits per heavy atom. The molecule has 0 spiro atoms. The van der Waals surface area contributed by atoms with Gasteiger partial charge in [-0.2, -0.15) is 0 Å². The van der Waals surface area contributed by atoms with Gasteiger partial charge in [-0.3, -0.25) is 0 Å². The molecule has 0 aliphatic heterocycles. The molecule has 1 unspecified atom stereocenters. The Kier molecular flexibility index (Phi) is 11.6. The van der Waals surface area contributed by atoms with Crippen molar-refractivity contribution in [3.05, 3.63) is 59.7 Å². The fourth-order valence-corrected chi connectivity index (χ4v) is 5.55. The van der Waals surface area contributed by atoms with Crippen molar-refractivity contribution in [1.29, 1.82) is 0 Å². The molecule has 0 amide bonds. The first-order chi connectivity index (χ1) is 14.9. The van der Waals surface area contributed by atoms with E-state index in [0.717, 1.165) is 12.8 Å². The molecular weight excluding hydrogens is 392 g/mol. The smallest absolute Gasteiger partial charge is 0.184 e. The van der Waals surface area contributed by atoms with E-state index in [1.54, 1.807) is 0 Å². The summed E-state index contributed by atoms with van der Waals surface area (Å²) in [6, 6.07) is 18.3. The van der Waals surface area contributed by atoms with Crippen molar-refractivity contribution in [3.8, 4) is 11.1 Å². The number of unbranched alkanes of at least 4 members (excludes halogenated alkanes) is 7. The molecule has 0 aliphatic rings. The lowest BCUT2D eigenvalue weighted by Gasteiger charge is -2.23. The molecule has 0 aromatic heterocycles. The molecule has 0 N–H and O–H groups in total. The Labute approximate surface area is 193 Å². The number of aryl methyl sites for hydroxylation is 2. The van der Waals surface area contributed by atoms with Crippen molar-refractivity contribution in [2.75, 3.05) is 0 Å². The number of rotatable bonds is 15. The Morgan fingerprint density at radius 1 is 0.645 bits per heavy atom. The number of hydrogen-bond donors (Lipinski definition) is 0. The zero-order valence-electron chi connectivity index (χ0n) is 20.9. The summed E-state index contributed by atoms with van der Waals surface area (Å²) in [5.74, 6) is 0. The largest absolute Gasteiger partial charge is 0.415 e. The van der Waals surface area contributed by atoms with E-state index >= 15 is 0 Å². The van der Waals surface area contributed by atoms with Gasteiger partial charge < -0.3 is 4.43 Å². The zero-order chi connectivity index (χ0) is 22.5. The molecule has 0 saturated heterocycles. The SMILES string of the molecule is CCCCCCCCCCc1ccc(-c2ccc(CCC(C)O[Si](C)(C)C)cc2)cc1. The molecule has 172 valence electrons. The normalized spacial score (nSPS) is 12.8. The lowest BCUT2D eigenvalue weighted by atomic mass is 9.99. The molecular formula is C29H46OSi. The molecule has 2 aromatic rings. The first-order valence-corrected chi connectivity index (χ1v) is 16.1. The molecule has 0 aliphatic carbocycles. The molecule has 0 fully saturated rings. The predicted octanol–water partition coefficient (Wildman–Crippen LogP) is 9.21. The van der Waals surface area contributed by atoms with Crippen LogP contribution in [0.4, 0.5) is 0 Å². The van der Waals surface area contributed by atoms with E-state index in [0.29, 0.717) is 6.10 Å². The van der Waals surface area contributed by atoms with Gasteiger partial charge in [0.05, 0.1) is 0 Å². The van der Waals surface area contributed by atoms with Gasteiger partial charge in [0.15, 0.2) is 8.32 Å². The third kappa shape index (κ3) is 11.2. The quantitative estimate of drug-likeness (QED) is 0.199. The van der Waals surface area contributed by atoms with Crippen LogP contribution in [0.3, 0.4) is 0 Å². The molecule has 31 heavy (non-hydrogen) atoms. The highest BCUT2D eigenvalue weighted by Gasteiger charge is 2.17. The average molecular weight is 439 g/mol. The van der Waals surface area contributed by atoms with Gasteiger partial charge >= 0.3 is 0 Å². The van der Waals surface area contributed by atoms with E-state index in [4.69, 9.17) is 4.43 Å². The molecule has 0 radical (unpaired) electrons. The maximum absolute atomic E-state index is 6.16. The van der Waals surface area contributed by atoms with Crippen molar-refractivity contribution in [3.63, 3.8) is 0 Å². The standard InChI is InChI=1S/C29H46OSi/c1-6-7-8-9-10-11-12-13-14-26-17-21-28(22-18-26)29-23-19-27(20-24-29)16-15-25(2)30-31(3,4)5/h17-25H,6-16H2,1-5H3. The Balaban J connectivity index is 1.72. The van der Waals surface area contributed by atoms with Crippen LogP contribution in [0.2, 0.25) is 19.6 Å². The van der Waals surface area contributed by atoms with Crippen LogP contribution in [0, 0.1) is 0 Å². The highest BCUT2D eigenvalue weighted by atomic mass is 28.4. The second-order valence-electron chi connectivity index (χ2n) is 10.2. The van der Waals surface area contributed by atoms with Crippen LogP contribution < -0.4 is 0 Å². The van der Waals surface area contributed by atoms with Crippen LogP contribution in [-0.2, 0) is 17.3 Å². The third-order valence-electron chi connectivity index (χ3n) is 5.95. The van der Waals surface area contributed by atoms with Crippen molar-refractivity contribution in [2.45, 2.75) is 110 Å². The summed E-state index contributed by atoms with van der Waals surface area (Å²) < 4.78 is 6.16. The molecule has 2 aromatic carbocycles. The van der Waals surface area contributed by atoms with Gasteiger partial charge in [-0.05, 0) is 74.5 Å². The maximum Gasteiger partial charge on any atom is 0.184 e. The van der Waals surface area contributed by atoms with Crippen LogP contribution in [0.1, 0.15) is 82.8 Å². The van der Waals surface area contributed by atoms with E-state index in [1.165, 1.54) is 80.0 Å². The lowest BCUT2D eigenvalue weighted by Crippen LogP contribution is -2.30. The lowest BCUT2D eigenvalue weighted by molar-refractivity contribution is 0.204. The molecule has 0 saturated carbocycles. The second-order valence-corrected chi connectivity index (χ2v) is 14.7. The minimum absolute atomic E-state index is 0.347. The predicted molar refractivity (Wildman–Crippen MR) is 140 cm³/mol. The summed E-state index contributed by atoms with van der Waals surface area (Å²) in [5.41, 5.74) is 5.51. The van der Waals surface area contributed by atoms with E-state index < -0.39 is 8.32 Å². The summed E-state index contributed by atoms with van der Waals surface area (Å²) in [5, 5.41) is 0. The maximum atomic E-state index is 6.16. The molecule has 1 atom stereocenters. The van der Waals surface area contributed by atoms with Gasteiger partial charge in [0.1, 0.15) is 0 Å². The van der Waals surface area contributed by atoms with Gasteiger partial charge in [0, 0.05) is 6.10 Å². The van der Waals surface area contributed by atoms with Gasteiger partial charge in [-0.1, -0.05) is 100 Å². The van der Waals surface area contributed by atoms with Crippen LogP contribution in [-0.4, -0.2) is 14.4 Å². The molecule has 2 heteroatoms. The Bertz CT molecular complexity index is 712. The summed E-state index contributed by atoms with van der Waals surface area (Å²) in [6.45, 7) is 11.3. The molecule has 0 bridgehead atoms. The zero-order valence-corrected chi connectivity index (χ0v) is 21.9. The Morgan fingerprint density at radius 2 is 1.10 bits per heavy atom. The Hall–Kier alpha value is -1.38. The van der Waals surface area contributed by atoms with Crippen molar-refractivity contribution in [1.82, 2.24) is 0 Å². The highest BCUT2D eigenvalue weighted by Crippen LogP contribution is 2.22. The van der Waals surface area contributed by atoms with E-state index in [1.807, 2.05) is 0 Å². The minimum Gasteiger partial charge on any atom is -0.415 e. The van der Waals surface area contributed by atoms with Crippen molar-refractivity contribution < 1.29 is 4.43 Å². The fourth-order valence-electron chi connectivity index (χ4n) is 4.22. The van der Waals surface area contributed by atoms with Crippen LogP contribution in [0.5, 0.6) is 0 Å².